The summed E-state index contributed by atoms with van der Waals surface area (Å²) in [5.74, 6) is -0.829. The van der Waals surface area contributed by atoms with Crippen LogP contribution in [-0.2, 0) is 11.0 Å². The maximum atomic E-state index is 13.4. The normalized spacial score (nSPS) is 18.3. The molecule has 2 saturated heterocycles. The monoisotopic (exact) mass is 507 g/mol. The summed E-state index contributed by atoms with van der Waals surface area (Å²) in [4.78, 5) is 43.0. The molecule has 2 aromatic rings. The molecule has 1 aromatic heterocycles. The Hall–Kier alpha value is -2.88. The van der Waals surface area contributed by atoms with Crippen molar-refractivity contribution in [3.05, 3.63) is 57.8 Å². The number of halogens is 3. The molecule has 1 atom stereocenters. The van der Waals surface area contributed by atoms with Crippen molar-refractivity contribution in [2.75, 3.05) is 26.2 Å². The lowest BCUT2D eigenvalue weighted by atomic mass is 9.87. The minimum Gasteiger partial charge on any atom is -0.341 e. The smallest absolute Gasteiger partial charge is 0.341 e. The molecule has 1 N–H and O–H groups in total. The van der Waals surface area contributed by atoms with Gasteiger partial charge in [-0.1, -0.05) is 6.07 Å². The SMILES string of the molecule is O=C(N[C@H](C(=O)N1CCCCC1)C1CCN(C(=O)c2ccc(C(F)(F)F)cc2)CC1)c1cccs1. The number of benzene rings is 1. The summed E-state index contributed by atoms with van der Waals surface area (Å²) < 4.78 is 38.5. The molecule has 0 radical (unpaired) electrons. The number of carbonyl (C=O) groups excluding carboxylic acids is 3. The summed E-state index contributed by atoms with van der Waals surface area (Å²) in [6.45, 7) is 2.08. The number of nitrogens with zero attached hydrogens (tertiary/aromatic N) is 2. The number of alkyl halides is 3. The van der Waals surface area contributed by atoms with Crippen molar-refractivity contribution in [3.8, 4) is 0 Å². The highest BCUT2D eigenvalue weighted by Gasteiger charge is 2.37. The Morgan fingerprint density at radius 2 is 1.57 bits per heavy atom. The maximum absolute atomic E-state index is 13.4. The van der Waals surface area contributed by atoms with Gasteiger partial charge in [-0.25, -0.2) is 0 Å². The molecule has 2 aliphatic heterocycles. The summed E-state index contributed by atoms with van der Waals surface area (Å²) in [6.07, 6.45) is -0.457. The first-order valence-electron chi connectivity index (χ1n) is 11.8. The highest BCUT2D eigenvalue weighted by molar-refractivity contribution is 7.12. The van der Waals surface area contributed by atoms with Crippen molar-refractivity contribution in [3.63, 3.8) is 0 Å². The third-order valence-corrected chi connectivity index (χ3v) is 7.59. The minimum atomic E-state index is -4.45. The standard InChI is InChI=1S/C25H28F3N3O3S/c26-25(27,28)19-8-6-18(7-9-19)23(33)31-14-10-17(11-15-31)21(24(34)30-12-2-1-3-13-30)29-22(32)20-5-4-16-35-20/h4-9,16-17,21H,1-3,10-15H2,(H,29,32)/t21-/m0/s1. The largest absolute Gasteiger partial charge is 0.416 e. The first-order valence-corrected chi connectivity index (χ1v) is 12.7. The second kappa shape index (κ2) is 10.8. The molecule has 0 unspecified atom stereocenters. The van der Waals surface area contributed by atoms with Gasteiger partial charge in [0.1, 0.15) is 6.04 Å². The van der Waals surface area contributed by atoms with Crippen molar-refractivity contribution in [1.82, 2.24) is 15.1 Å². The quantitative estimate of drug-likeness (QED) is 0.651. The predicted octanol–water partition coefficient (Wildman–Crippen LogP) is 4.43. The van der Waals surface area contributed by atoms with Crippen LogP contribution in [0.3, 0.4) is 0 Å². The molecule has 0 spiro atoms. The zero-order valence-corrected chi connectivity index (χ0v) is 20.0. The summed E-state index contributed by atoms with van der Waals surface area (Å²) in [7, 11) is 0. The van der Waals surface area contributed by atoms with Gasteiger partial charge in [0.15, 0.2) is 0 Å². The first kappa shape index (κ1) is 25.2. The van der Waals surface area contributed by atoms with E-state index in [1.165, 1.54) is 23.5 Å². The molecule has 0 bridgehead atoms. The molecule has 188 valence electrons. The molecule has 2 aliphatic rings. The van der Waals surface area contributed by atoms with Crippen LogP contribution >= 0.6 is 11.3 Å². The highest BCUT2D eigenvalue weighted by atomic mass is 32.1. The number of thiophene rings is 1. The Morgan fingerprint density at radius 3 is 2.14 bits per heavy atom. The highest BCUT2D eigenvalue weighted by Crippen LogP contribution is 2.30. The molecule has 10 heteroatoms. The Morgan fingerprint density at radius 1 is 0.914 bits per heavy atom. The molecule has 0 saturated carbocycles. The van der Waals surface area contributed by atoms with Crippen molar-refractivity contribution in [2.24, 2.45) is 5.92 Å². The van der Waals surface area contributed by atoms with Gasteiger partial charge in [-0.05, 0) is 73.7 Å². The predicted molar refractivity (Wildman–Crippen MR) is 126 cm³/mol. The zero-order valence-electron chi connectivity index (χ0n) is 19.2. The van der Waals surface area contributed by atoms with E-state index >= 15 is 0 Å². The van der Waals surface area contributed by atoms with Crippen LogP contribution in [0.4, 0.5) is 13.2 Å². The molecule has 35 heavy (non-hydrogen) atoms. The van der Waals surface area contributed by atoms with E-state index in [9.17, 15) is 27.6 Å². The van der Waals surface area contributed by atoms with Gasteiger partial charge in [-0.15, -0.1) is 11.3 Å². The Labute approximate surface area is 206 Å². The summed E-state index contributed by atoms with van der Waals surface area (Å²) in [5.41, 5.74) is -0.600. The average Bonchev–Trinajstić information content (AvgIpc) is 3.42. The van der Waals surface area contributed by atoms with Crippen LogP contribution in [0.15, 0.2) is 41.8 Å². The Kier molecular flexibility index (Phi) is 7.78. The van der Waals surface area contributed by atoms with Gasteiger partial charge in [0.25, 0.3) is 11.8 Å². The summed E-state index contributed by atoms with van der Waals surface area (Å²) in [6, 6.07) is 7.04. The molecule has 0 aliphatic carbocycles. The average molecular weight is 508 g/mol. The van der Waals surface area contributed by atoms with Crippen LogP contribution in [0.2, 0.25) is 0 Å². The summed E-state index contributed by atoms with van der Waals surface area (Å²) >= 11 is 1.31. The molecular weight excluding hydrogens is 479 g/mol. The Bertz CT molecular complexity index is 1030. The van der Waals surface area contributed by atoms with Crippen molar-refractivity contribution in [1.29, 1.82) is 0 Å². The number of nitrogens with one attached hydrogen (secondary N) is 1. The van der Waals surface area contributed by atoms with E-state index in [1.807, 2.05) is 10.3 Å². The van der Waals surface area contributed by atoms with Gasteiger partial charge in [-0.2, -0.15) is 13.2 Å². The number of amides is 3. The van der Waals surface area contributed by atoms with Gasteiger partial charge in [0.05, 0.1) is 10.4 Å². The van der Waals surface area contributed by atoms with E-state index in [2.05, 4.69) is 5.32 Å². The molecule has 4 rings (SSSR count). The second-order valence-electron chi connectivity index (χ2n) is 9.02. The topological polar surface area (TPSA) is 69.7 Å². The van der Waals surface area contributed by atoms with Gasteiger partial charge < -0.3 is 15.1 Å². The Balaban J connectivity index is 1.42. The van der Waals surface area contributed by atoms with Crippen LogP contribution in [0.25, 0.3) is 0 Å². The number of hydrogen-bond donors (Lipinski definition) is 1. The number of likely N-dealkylation sites (tertiary alicyclic amines) is 2. The number of carbonyl (C=O) groups is 3. The lowest BCUT2D eigenvalue weighted by Gasteiger charge is -2.38. The molecule has 6 nitrogen and oxygen atoms in total. The zero-order chi connectivity index (χ0) is 25.0. The third kappa shape index (κ3) is 6.04. The molecule has 2 fully saturated rings. The fourth-order valence-corrected chi connectivity index (χ4v) is 5.36. The third-order valence-electron chi connectivity index (χ3n) is 6.72. The number of rotatable bonds is 5. The van der Waals surface area contributed by atoms with E-state index in [1.54, 1.807) is 17.0 Å². The van der Waals surface area contributed by atoms with Crippen LogP contribution < -0.4 is 5.32 Å². The number of piperidine rings is 2. The van der Waals surface area contributed by atoms with Crippen molar-refractivity contribution >= 4 is 29.1 Å². The van der Waals surface area contributed by atoms with Crippen LogP contribution in [-0.4, -0.2) is 59.7 Å². The van der Waals surface area contributed by atoms with E-state index in [4.69, 9.17) is 0 Å². The summed E-state index contributed by atoms with van der Waals surface area (Å²) in [5, 5.41) is 4.76. The second-order valence-corrected chi connectivity index (χ2v) is 9.97. The van der Waals surface area contributed by atoms with Gasteiger partial charge in [0.2, 0.25) is 5.91 Å². The van der Waals surface area contributed by atoms with E-state index in [0.717, 1.165) is 31.4 Å². The molecule has 3 amide bonds. The maximum Gasteiger partial charge on any atom is 0.416 e. The lowest BCUT2D eigenvalue weighted by Crippen LogP contribution is -2.55. The van der Waals surface area contributed by atoms with E-state index in [-0.39, 0.29) is 29.2 Å². The fraction of sp³-hybridized carbons (Fsp3) is 0.480. The van der Waals surface area contributed by atoms with Gasteiger partial charge in [0, 0.05) is 31.7 Å². The van der Waals surface area contributed by atoms with Gasteiger partial charge in [-0.3, -0.25) is 14.4 Å². The minimum absolute atomic E-state index is 0.0814. The molecular formula is C25H28F3N3O3S. The van der Waals surface area contributed by atoms with Crippen LogP contribution in [0.1, 0.15) is 57.7 Å². The molecule has 3 heterocycles. The van der Waals surface area contributed by atoms with Crippen molar-refractivity contribution in [2.45, 2.75) is 44.3 Å². The lowest BCUT2D eigenvalue weighted by molar-refractivity contribution is -0.137. The van der Waals surface area contributed by atoms with Gasteiger partial charge >= 0.3 is 6.18 Å². The van der Waals surface area contributed by atoms with Crippen LogP contribution in [0, 0.1) is 5.92 Å². The van der Waals surface area contributed by atoms with Crippen molar-refractivity contribution < 1.29 is 27.6 Å². The number of hydrogen-bond acceptors (Lipinski definition) is 4. The van der Waals surface area contributed by atoms with Crippen LogP contribution in [0.5, 0.6) is 0 Å². The molecule has 1 aromatic carbocycles. The van der Waals surface area contributed by atoms with E-state index < -0.39 is 17.8 Å². The fourth-order valence-electron chi connectivity index (χ4n) is 4.73. The van der Waals surface area contributed by atoms with E-state index in [0.29, 0.717) is 43.9 Å². The first-order chi connectivity index (χ1) is 16.7.